The normalized spacial score (nSPS) is 14.5. The number of para-hydroxylation sites is 2. The van der Waals surface area contributed by atoms with E-state index < -0.39 is 0 Å². The molecule has 0 N–H and O–H groups in total. The number of amides is 1. The number of carbonyl (C=O) groups excluding carboxylic acids is 1. The molecule has 0 aliphatic carbocycles. The molecule has 0 spiro atoms. The molecule has 0 unspecified atom stereocenters. The summed E-state index contributed by atoms with van der Waals surface area (Å²) in [6.07, 6.45) is 4.34. The second-order valence-corrected chi connectivity index (χ2v) is 7.38. The maximum atomic E-state index is 12.5. The van der Waals surface area contributed by atoms with Crippen LogP contribution in [-0.4, -0.2) is 44.2 Å². The fraction of sp³-hybridized carbons (Fsp3) is 0.458. The lowest BCUT2D eigenvalue weighted by atomic mass is 9.90. The zero-order chi connectivity index (χ0) is 20.5. The average molecular weight is 398 g/mol. The van der Waals surface area contributed by atoms with Crippen LogP contribution in [0.4, 0.5) is 0 Å². The first-order valence-electron chi connectivity index (χ1n) is 10.4. The molecule has 1 heterocycles. The number of methoxy groups -OCH3 is 1. The summed E-state index contributed by atoms with van der Waals surface area (Å²) in [6.45, 7) is 4.36. The Morgan fingerprint density at radius 3 is 2.34 bits per heavy atom. The highest BCUT2D eigenvalue weighted by molar-refractivity contribution is 5.78. The van der Waals surface area contributed by atoms with Gasteiger partial charge in [0.05, 0.1) is 13.7 Å². The Balaban J connectivity index is 1.38. The van der Waals surface area contributed by atoms with Gasteiger partial charge in [-0.3, -0.25) is 4.79 Å². The summed E-state index contributed by atoms with van der Waals surface area (Å²) < 4.78 is 16.4. The van der Waals surface area contributed by atoms with Crippen LogP contribution in [0.5, 0.6) is 17.2 Å². The van der Waals surface area contributed by atoms with Crippen LogP contribution in [0.1, 0.15) is 31.7 Å². The number of hydrogen-bond acceptors (Lipinski definition) is 4. The van der Waals surface area contributed by atoms with Crippen molar-refractivity contribution in [2.24, 2.45) is 5.92 Å². The van der Waals surface area contributed by atoms with E-state index in [0.29, 0.717) is 24.0 Å². The maximum absolute atomic E-state index is 12.5. The van der Waals surface area contributed by atoms with Crippen LogP contribution in [0.2, 0.25) is 0 Å². The van der Waals surface area contributed by atoms with E-state index in [2.05, 4.69) is 12.1 Å². The Hall–Kier alpha value is -2.69. The quantitative estimate of drug-likeness (QED) is 0.631. The number of hydrogen-bond donors (Lipinski definition) is 0. The number of carbonyl (C=O) groups is 1. The van der Waals surface area contributed by atoms with Crippen LogP contribution in [-0.2, 0) is 11.2 Å². The van der Waals surface area contributed by atoms with Gasteiger partial charge < -0.3 is 19.1 Å². The number of nitrogens with zero attached hydrogens (tertiary/aromatic N) is 1. The van der Waals surface area contributed by atoms with Crippen molar-refractivity contribution in [2.45, 2.75) is 32.6 Å². The second-order valence-electron chi connectivity index (χ2n) is 7.38. The van der Waals surface area contributed by atoms with Gasteiger partial charge in [-0.15, -0.1) is 0 Å². The van der Waals surface area contributed by atoms with Gasteiger partial charge in [-0.1, -0.05) is 24.3 Å². The Kier molecular flexibility index (Phi) is 7.79. The Labute approximate surface area is 173 Å². The molecule has 5 heteroatoms. The van der Waals surface area contributed by atoms with Crippen molar-refractivity contribution in [3.8, 4) is 17.2 Å². The van der Waals surface area contributed by atoms with Crippen molar-refractivity contribution < 1.29 is 19.0 Å². The zero-order valence-corrected chi connectivity index (χ0v) is 17.4. The summed E-state index contributed by atoms with van der Waals surface area (Å²) >= 11 is 0. The van der Waals surface area contributed by atoms with E-state index in [1.54, 1.807) is 7.11 Å². The van der Waals surface area contributed by atoms with E-state index in [1.807, 2.05) is 48.2 Å². The number of rotatable bonds is 9. The number of benzene rings is 2. The van der Waals surface area contributed by atoms with Crippen molar-refractivity contribution in [3.63, 3.8) is 0 Å². The summed E-state index contributed by atoms with van der Waals surface area (Å²) in [5.41, 5.74) is 1.34. The first-order chi connectivity index (χ1) is 14.2. The summed E-state index contributed by atoms with van der Waals surface area (Å²) in [5.74, 6) is 2.89. The fourth-order valence-corrected chi connectivity index (χ4v) is 3.73. The van der Waals surface area contributed by atoms with Crippen LogP contribution < -0.4 is 14.2 Å². The fourth-order valence-electron chi connectivity index (χ4n) is 3.73. The molecule has 156 valence electrons. The third-order valence-corrected chi connectivity index (χ3v) is 5.46. The van der Waals surface area contributed by atoms with Crippen LogP contribution in [0.3, 0.4) is 0 Å². The van der Waals surface area contributed by atoms with E-state index >= 15 is 0 Å². The Morgan fingerprint density at radius 2 is 1.69 bits per heavy atom. The lowest BCUT2D eigenvalue weighted by molar-refractivity contribution is -0.134. The van der Waals surface area contributed by atoms with Crippen molar-refractivity contribution in [1.29, 1.82) is 0 Å². The molecule has 1 fully saturated rings. The average Bonchev–Trinajstić information content (AvgIpc) is 2.77. The van der Waals surface area contributed by atoms with E-state index in [1.165, 1.54) is 5.56 Å². The highest BCUT2D eigenvalue weighted by Crippen LogP contribution is 2.26. The molecule has 3 rings (SSSR count). The van der Waals surface area contributed by atoms with Gasteiger partial charge in [0.2, 0.25) is 0 Å². The highest BCUT2D eigenvalue weighted by Gasteiger charge is 2.23. The first kappa shape index (κ1) is 21.0. The van der Waals surface area contributed by atoms with Gasteiger partial charge in [-0.25, -0.2) is 0 Å². The summed E-state index contributed by atoms with van der Waals surface area (Å²) in [4.78, 5) is 14.4. The van der Waals surface area contributed by atoms with Crippen LogP contribution in [0.15, 0.2) is 48.5 Å². The molecule has 1 saturated heterocycles. The second kappa shape index (κ2) is 10.7. The Morgan fingerprint density at radius 1 is 1.00 bits per heavy atom. The molecule has 2 aromatic rings. The third-order valence-electron chi connectivity index (χ3n) is 5.46. The van der Waals surface area contributed by atoms with E-state index in [4.69, 9.17) is 14.2 Å². The number of aryl methyl sites for hydroxylation is 1. The summed E-state index contributed by atoms with van der Waals surface area (Å²) in [6, 6.07) is 15.8. The van der Waals surface area contributed by atoms with Gasteiger partial charge in [-0.2, -0.15) is 0 Å². The van der Waals surface area contributed by atoms with Crippen LogP contribution in [0.25, 0.3) is 0 Å². The topological polar surface area (TPSA) is 48.0 Å². The summed E-state index contributed by atoms with van der Waals surface area (Å²) in [5, 5.41) is 0. The van der Waals surface area contributed by atoms with Gasteiger partial charge in [0, 0.05) is 13.1 Å². The number of likely N-dealkylation sites (tertiary alicyclic amines) is 1. The minimum absolute atomic E-state index is 0.0425. The molecular formula is C24H31NO4. The largest absolute Gasteiger partial charge is 0.494 e. The SMILES string of the molecule is CCOc1ccc(CCC2CCN(C(=O)COc3ccccc3OC)CC2)cc1. The van der Waals surface area contributed by atoms with Crippen molar-refractivity contribution in [2.75, 3.05) is 33.4 Å². The predicted octanol–water partition coefficient (Wildman–Crippen LogP) is 4.34. The van der Waals surface area contributed by atoms with Gasteiger partial charge >= 0.3 is 0 Å². The van der Waals surface area contributed by atoms with Gasteiger partial charge in [0.25, 0.3) is 5.91 Å². The molecule has 1 amide bonds. The molecule has 2 aromatic carbocycles. The molecular weight excluding hydrogens is 366 g/mol. The molecule has 0 bridgehead atoms. The smallest absolute Gasteiger partial charge is 0.260 e. The van der Waals surface area contributed by atoms with Gasteiger partial charge in [0.15, 0.2) is 18.1 Å². The molecule has 0 atom stereocenters. The monoisotopic (exact) mass is 397 g/mol. The number of piperidine rings is 1. The van der Waals surface area contributed by atoms with Crippen molar-refractivity contribution in [3.05, 3.63) is 54.1 Å². The molecule has 1 aliphatic rings. The highest BCUT2D eigenvalue weighted by atomic mass is 16.5. The zero-order valence-electron chi connectivity index (χ0n) is 17.4. The molecule has 0 radical (unpaired) electrons. The minimum atomic E-state index is 0.0425. The predicted molar refractivity (Wildman–Crippen MR) is 114 cm³/mol. The molecule has 5 nitrogen and oxygen atoms in total. The summed E-state index contributed by atoms with van der Waals surface area (Å²) in [7, 11) is 1.60. The molecule has 0 aromatic heterocycles. The lowest BCUT2D eigenvalue weighted by Crippen LogP contribution is -2.41. The van der Waals surface area contributed by atoms with E-state index in [-0.39, 0.29) is 12.5 Å². The first-order valence-corrected chi connectivity index (χ1v) is 10.4. The van der Waals surface area contributed by atoms with E-state index in [9.17, 15) is 4.79 Å². The maximum Gasteiger partial charge on any atom is 0.260 e. The Bertz CT molecular complexity index is 767. The molecule has 1 aliphatic heterocycles. The lowest BCUT2D eigenvalue weighted by Gasteiger charge is -2.32. The van der Waals surface area contributed by atoms with Crippen molar-refractivity contribution >= 4 is 5.91 Å². The van der Waals surface area contributed by atoms with Crippen LogP contribution >= 0.6 is 0 Å². The standard InChI is InChI=1S/C24H31NO4/c1-3-28-21-12-10-19(11-13-21)8-9-20-14-16-25(17-15-20)24(26)18-29-23-7-5-4-6-22(23)27-2/h4-7,10-13,20H,3,8-9,14-18H2,1-2H3. The van der Waals surface area contributed by atoms with Gasteiger partial charge in [0.1, 0.15) is 5.75 Å². The van der Waals surface area contributed by atoms with Crippen molar-refractivity contribution in [1.82, 2.24) is 4.90 Å². The molecule has 0 saturated carbocycles. The minimum Gasteiger partial charge on any atom is -0.494 e. The third kappa shape index (κ3) is 6.14. The molecule has 29 heavy (non-hydrogen) atoms. The number of ether oxygens (including phenoxy) is 3. The van der Waals surface area contributed by atoms with E-state index in [0.717, 1.165) is 44.5 Å². The van der Waals surface area contributed by atoms with Crippen LogP contribution in [0, 0.1) is 5.92 Å². The van der Waals surface area contributed by atoms with Gasteiger partial charge in [-0.05, 0) is 68.4 Å².